The second-order valence-electron chi connectivity index (χ2n) is 4.72. The van der Waals surface area contributed by atoms with Crippen LogP contribution in [0.25, 0.3) is 0 Å². The molecule has 0 aliphatic carbocycles. The summed E-state index contributed by atoms with van der Waals surface area (Å²) in [5.41, 5.74) is 6.27. The highest BCUT2D eigenvalue weighted by atomic mass is 79.9. The van der Waals surface area contributed by atoms with Crippen LogP contribution < -0.4 is 5.73 Å². The number of amides is 1. The maximum absolute atomic E-state index is 12.4. The number of aromatic nitrogens is 1. The van der Waals surface area contributed by atoms with Gasteiger partial charge >= 0.3 is 0 Å². The van der Waals surface area contributed by atoms with Crippen LogP contribution in [0.5, 0.6) is 0 Å². The molecule has 0 bridgehead atoms. The molecule has 2 rings (SSSR count). The Labute approximate surface area is 121 Å². The van der Waals surface area contributed by atoms with Crippen LogP contribution >= 0.6 is 15.9 Å². The molecule has 0 spiro atoms. The van der Waals surface area contributed by atoms with E-state index in [0.29, 0.717) is 11.4 Å². The minimum absolute atomic E-state index is 0.0255. The third kappa shape index (κ3) is 3.45. The number of nitrogens with zero attached hydrogens (tertiary/aromatic N) is 3. The molecule has 1 saturated heterocycles. The van der Waals surface area contributed by atoms with Crippen LogP contribution in [0.2, 0.25) is 0 Å². The molecule has 104 valence electrons. The van der Waals surface area contributed by atoms with Gasteiger partial charge in [0.1, 0.15) is 5.82 Å². The quantitative estimate of drug-likeness (QED) is 0.916. The molecule has 1 aliphatic rings. The fourth-order valence-corrected chi connectivity index (χ4v) is 2.61. The number of halogens is 1. The molecular formula is C13H19BrN4O. The lowest BCUT2D eigenvalue weighted by Crippen LogP contribution is -2.48. The molecule has 0 saturated carbocycles. The van der Waals surface area contributed by atoms with Crippen molar-refractivity contribution in [3.63, 3.8) is 0 Å². The van der Waals surface area contributed by atoms with Crippen LogP contribution in [-0.2, 0) is 0 Å². The maximum atomic E-state index is 12.4. The topological polar surface area (TPSA) is 62.5 Å². The summed E-state index contributed by atoms with van der Waals surface area (Å²) in [6.45, 7) is 6.64. The normalized spacial score (nSPS) is 16.6. The van der Waals surface area contributed by atoms with E-state index in [4.69, 9.17) is 5.73 Å². The first-order chi connectivity index (χ1) is 9.11. The van der Waals surface area contributed by atoms with Crippen molar-refractivity contribution in [2.75, 3.05) is 38.5 Å². The highest BCUT2D eigenvalue weighted by Gasteiger charge is 2.23. The van der Waals surface area contributed by atoms with Crippen LogP contribution in [-0.4, -0.2) is 53.4 Å². The Bertz CT molecular complexity index is 458. The van der Waals surface area contributed by atoms with Crippen molar-refractivity contribution in [1.82, 2.24) is 14.8 Å². The molecule has 1 aromatic heterocycles. The van der Waals surface area contributed by atoms with Gasteiger partial charge in [0.2, 0.25) is 0 Å². The maximum Gasteiger partial charge on any atom is 0.257 e. The highest BCUT2D eigenvalue weighted by Crippen LogP contribution is 2.18. The average molecular weight is 327 g/mol. The molecule has 2 heterocycles. The number of hydrogen-bond acceptors (Lipinski definition) is 4. The van der Waals surface area contributed by atoms with Crippen molar-refractivity contribution in [1.29, 1.82) is 0 Å². The number of pyridine rings is 1. The first-order valence-electron chi connectivity index (χ1n) is 6.54. The number of hydrogen-bond donors (Lipinski definition) is 1. The van der Waals surface area contributed by atoms with Gasteiger partial charge in [0.15, 0.2) is 0 Å². The Morgan fingerprint density at radius 3 is 2.74 bits per heavy atom. The molecule has 1 aliphatic heterocycles. The van der Waals surface area contributed by atoms with Crippen molar-refractivity contribution in [2.45, 2.75) is 13.3 Å². The van der Waals surface area contributed by atoms with Crippen molar-refractivity contribution in [3.8, 4) is 0 Å². The van der Waals surface area contributed by atoms with Gasteiger partial charge < -0.3 is 10.6 Å². The molecule has 0 aromatic carbocycles. The van der Waals surface area contributed by atoms with Crippen LogP contribution in [0.3, 0.4) is 0 Å². The molecule has 1 aromatic rings. The molecule has 0 unspecified atom stereocenters. The Balaban J connectivity index is 2.03. The van der Waals surface area contributed by atoms with Gasteiger partial charge in [-0.3, -0.25) is 9.69 Å². The van der Waals surface area contributed by atoms with Gasteiger partial charge in [-0.25, -0.2) is 4.98 Å². The second-order valence-corrected chi connectivity index (χ2v) is 5.64. The Morgan fingerprint density at radius 2 is 2.11 bits per heavy atom. The molecule has 19 heavy (non-hydrogen) atoms. The number of nitrogen functional groups attached to an aromatic ring is 1. The van der Waals surface area contributed by atoms with Crippen molar-refractivity contribution in [2.24, 2.45) is 0 Å². The van der Waals surface area contributed by atoms with Gasteiger partial charge in [0.05, 0.1) is 5.56 Å². The van der Waals surface area contributed by atoms with Crippen molar-refractivity contribution < 1.29 is 4.79 Å². The van der Waals surface area contributed by atoms with Gasteiger partial charge in [-0.1, -0.05) is 6.92 Å². The van der Waals surface area contributed by atoms with E-state index in [2.05, 4.69) is 32.7 Å². The van der Waals surface area contributed by atoms with E-state index in [-0.39, 0.29) is 5.91 Å². The van der Waals surface area contributed by atoms with E-state index in [1.807, 2.05) is 4.90 Å². The zero-order valence-electron chi connectivity index (χ0n) is 11.1. The molecule has 0 radical (unpaired) electrons. The van der Waals surface area contributed by atoms with Crippen LogP contribution in [0.1, 0.15) is 23.7 Å². The van der Waals surface area contributed by atoms with E-state index >= 15 is 0 Å². The summed E-state index contributed by atoms with van der Waals surface area (Å²) < 4.78 is 0.773. The monoisotopic (exact) mass is 326 g/mol. The largest absolute Gasteiger partial charge is 0.383 e. The molecule has 2 N–H and O–H groups in total. The minimum atomic E-state index is -0.0255. The smallest absolute Gasteiger partial charge is 0.257 e. The number of carbonyl (C=O) groups is 1. The third-order valence-corrected chi connectivity index (χ3v) is 3.75. The molecule has 1 amide bonds. The van der Waals surface area contributed by atoms with E-state index in [1.54, 1.807) is 12.3 Å². The van der Waals surface area contributed by atoms with Crippen molar-refractivity contribution in [3.05, 3.63) is 22.3 Å². The number of carbonyl (C=O) groups excluding carboxylic acids is 1. The third-order valence-electron chi connectivity index (χ3n) is 3.31. The summed E-state index contributed by atoms with van der Waals surface area (Å²) in [5.74, 6) is 0.270. The number of piperazine rings is 1. The lowest BCUT2D eigenvalue weighted by molar-refractivity contribution is 0.0638. The zero-order valence-corrected chi connectivity index (χ0v) is 12.7. The Morgan fingerprint density at radius 1 is 1.42 bits per heavy atom. The van der Waals surface area contributed by atoms with Gasteiger partial charge in [-0.15, -0.1) is 0 Å². The Kier molecular flexibility index (Phi) is 4.76. The standard InChI is InChI=1S/C13H19BrN4O/c1-2-3-17-4-6-18(7-5-17)13(19)11-8-10(14)9-16-12(11)15/h8-9H,2-7H2,1H3,(H2,15,16). The van der Waals surface area contributed by atoms with E-state index in [0.717, 1.165) is 43.6 Å². The predicted molar refractivity (Wildman–Crippen MR) is 79.0 cm³/mol. The SMILES string of the molecule is CCCN1CCN(C(=O)c2cc(Br)cnc2N)CC1. The summed E-state index contributed by atoms with van der Waals surface area (Å²) in [5, 5.41) is 0. The lowest BCUT2D eigenvalue weighted by atomic mass is 10.2. The lowest BCUT2D eigenvalue weighted by Gasteiger charge is -2.34. The highest BCUT2D eigenvalue weighted by molar-refractivity contribution is 9.10. The molecule has 0 atom stereocenters. The minimum Gasteiger partial charge on any atom is -0.383 e. The summed E-state index contributed by atoms with van der Waals surface area (Å²) in [7, 11) is 0. The number of anilines is 1. The van der Waals surface area contributed by atoms with Gasteiger partial charge in [-0.05, 0) is 35.0 Å². The molecule has 1 fully saturated rings. The predicted octanol–water partition coefficient (Wildman–Crippen LogP) is 1.59. The van der Waals surface area contributed by atoms with Crippen molar-refractivity contribution >= 4 is 27.7 Å². The Hall–Kier alpha value is -1.14. The first-order valence-corrected chi connectivity index (χ1v) is 7.33. The number of rotatable bonds is 3. The van der Waals surface area contributed by atoms with E-state index < -0.39 is 0 Å². The fraction of sp³-hybridized carbons (Fsp3) is 0.538. The molecule has 6 heteroatoms. The average Bonchev–Trinajstić information content (AvgIpc) is 2.42. The van der Waals surface area contributed by atoms with Crippen LogP contribution in [0.4, 0.5) is 5.82 Å². The number of nitrogens with two attached hydrogens (primary N) is 1. The summed E-state index contributed by atoms with van der Waals surface area (Å²) in [4.78, 5) is 20.7. The van der Waals surface area contributed by atoms with Gasteiger partial charge in [0.25, 0.3) is 5.91 Å². The first kappa shape index (κ1) is 14.3. The fourth-order valence-electron chi connectivity index (χ4n) is 2.28. The van der Waals surface area contributed by atoms with Gasteiger partial charge in [0, 0.05) is 36.8 Å². The summed E-state index contributed by atoms with van der Waals surface area (Å²) in [6, 6.07) is 1.74. The second kappa shape index (κ2) is 6.34. The molecule has 5 nitrogen and oxygen atoms in total. The molecular weight excluding hydrogens is 308 g/mol. The summed E-state index contributed by atoms with van der Waals surface area (Å²) in [6.07, 6.45) is 2.75. The van der Waals surface area contributed by atoms with E-state index in [9.17, 15) is 4.79 Å². The van der Waals surface area contributed by atoms with Gasteiger partial charge in [-0.2, -0.15) is 0 Å². The zero-order chi connectivity index (χ0) is 13.8. The van der Waals surface area contributed by atoms with Crippen LogP contribution in [0.15, 0.2) is 16.7 Å². The van der Waals surface area contributed by atoms with Crippen LogP contribution in [0, 0.1) is 0 Å². The van der Waals surface area contributed by atoms with E-state index in [1.165, 1.54) is 0 Å². The summed E-state index contributed by atoms with van der Waals surface area (Å²) >= 11 is 3.32.